The summed E-state index contributed by atoms with van der Waals surface area (Å²) in [6, 6.07) is 11.5. The number of hydrogen-bond donors (Lipinski definition) is 1. The second kappa shape index (κ2) is 6.38. The second-order valence-corrected chi connectivity index (χ2v) is 4.33. The maximum absolute atomic E-state index is 5.90. The molecule has 1 heterocycles. The minimum atomic E-state index is 0.418. The molecule has 1 N–H and O–H groups in total. The zero-order valence-corrected chi connectivity index (χ0v) is 10.9. The molecule has 0 bridgehead atoms. The third-order valence-corrected chi connectivity index (χ3v) is 2.73. The summed E-state index contributed by atoms with van der Waals surface area (Å²) < 4.78 is 5.77. The predicted octanol–water partition coefficient (Wildman–Crippen LogP) is 3.03. The summed E-state index contributed by atoms with van der Waals surface area (Å²) in [4.78, 5) is 4.21. The minimum absolute atomic E-state index is 0.418. The molecule has 18 heavy (non-hydrogen) atoms. The van der Waals surface area contributed by atoms with E-state index < -0.39 is 0 Å². The molecular weight excluding hydrogens is 248 g/mol. The van der Waals surface area contributed by atoms with Gasteiger partial charge in [-0.1, -0.05) is 29.8 Å². The van der Waals surface area contributed by atoms with Gasteiger partial charge in [-0.05, 0) is 25.2 Å². The van der Waals surface area contributed by atoms with Gasteiger partial charge in [-0.25, -0.2) is 0 Å². The second-order valence-electron chi connectivity index (χ2n) is 3.89. The van der Waals surface area contributed by atoms with Gasteiger partial charge in [0.25, 0.3) is 0 Å². The Hall–Kier alpha value is -1.58. The highest BCUT2D eigenvalue weighted by atomic mass is 35.5. The number of nitrogens with zero attached hydrogens (tertiary/aromatic N) is 1. The summed E-state index contributed by atoms with van der Waals surface area (Å²) in [5, 5.41) is 3.79. The van der Waals surface area contributed by atoms with Crippen LogP contribution in [0.4, 0.5) is 0 Å². The van der Waals surface area contributed by atoms with Crippen LogP contribution in [0.15, 0.2) is 42.6 Å². The number of pyridine rings is 1. The molecule has 0 fully saturated rings. The van der Waals surface area contributed by atoms with Gasteiger partial charge in [0.15, 0.2) is 0 Å². The van der Waals surface area contributed by atoms with Gasteiger partial charge in [0.2, 0.25) is 0 Å². The van der Waals surface area contributed by atoms with Gasteiger partial charge in [0.1, 0.15) is 12.4 Å². The molecule has 0 saturated carbocycles. The predicted molar refractivity (Wildman–Crippen MR) is 72.8 cm³/mol. The van der Waals surface area contributed by atoms with Gasteiger partial charge in [0, 0.05) is 23.3 Å². The first-order chi connectivity index (χ1) is 8.79. The van der Waals surface area contributed by atoms with Crippen molar-refractivity contribution < 1.29 is 4.74 Å². The number of hydrogen-bond acceptors (Lipinski definition) is 3. The van der Waals surface area contributed by atoms with E-state index in [2.05, 4.69) is 10.3 Å². The van der Waals surface area contributed by atoms with Crippen LogP contribution in [-0.4, -0.2) is 12.0 Å². The van der Waals surface area contributed by atoms with Crippen molar-refractivity contribution in [3.05, 3.63) is 58.9 Å². The normalized spacial score (nSPS) is 10.3. The van der Waals surface area contributed by atoms with Crippen LogP contribution >= 0.6 is 11.6 Å². The zero-order chi connectivity index (χ0) is 12.8. The van der Waals surface area contributed by atoms with E-state index in [0.29, 0.717) is 11.6 Å². The van der Waals surface area contributed by atoms with Gasteiger partial charge < -0.3 is 10.1 Å². The smallest absolute Gasteiger partial charge is 0.130 e. The van der Waals surface area contributed by atoms with Crippen LogP contribution < -0.4 is 10.1 Å². The van der Waals surface area contributed by atoms with E-state index in [1.165, 1.54) is 0 Å². The summed E-state index contributed by atoms with van der Waals surface area (Å²) in [6.07, 6.45) is 1.68. The van der Waals surface area contributed by atoms with Crippen molar-refractivity contribution in [3.8, 4) is 5.75 Å². The van der Waals surface area contributed by atoms with Crippen molar-refractivity contribution in [2.75, 3.05) is 7.05 Å². The average molecular weight is 263 g/mol. The van der Waals surface area contributed by atoms with E-state index in [1.54, 1.807) is 12.3 Å². The Morgan fingerprint density at radius 3 is 2.89 bits per heavy atom. The van der Waals surface area contributed by atoms with E-state index in [0.717, 1.165) is 23.6 Å². The Morgan fingerprint density at radius 1 is 1.28 bits per heavy atom. The number of para-hydroxylation sites is 1. The molecule has 0 unspecified atom stereocenters. The van der Waals surface area contributed by atoms with Crippen molar-refractivity contribution in [1.29, 1.82) is 0 Å². The van der Waals surface area contributed by atoms with Crippen molar-refractivity contribution >= 4 is 11.6 Å². The van der Waals surface area contributed by atoms with Crippen LogP contribution in [-0.2, 0) is 13.2 Å². The van der Waals surface area contributed by atoms with Gasteiger partial charge >= 0.3 is 0 Å². The Bertz CT molecular complexity index is 517. The summed E-state index contributed by atoms with van der Waals surface area (Å²) in [7, 11) is 1.91. The zero-order valence-electron chi connectivity index (χ0n) is 10.2. The molecule has 2 rings (SSSR count). The first-order valence-electron chi connectivity index (χ1n) is 5.75. The Kier molecular flexibility index (Phi) is 4.56. The van der Waals surface area contributed by atoms with Crippen LogP contribution in [0.5, 0.6) is 5.75 Å². The maximum atomic E-state index is 5.90. The van der Waals surface area contributed by atoms with Crippen molar-refractivity contribution in [2.45, 2.75) is 13.2 Å². The van der Waals surface area contributed by atoms with E-state index in [-0.39, 0.29) is 0 Å². The van der Waals surface area contributed by atoms with Gasteiger partial charge in [-0.2, -0.15) is 0 Å². The van der Waals surface area contributed by atoms with E-state index >= 15 is 0 Å². The Balaban J connectivity index is 2.06. The fourth-order valence-corrected chi connectivity index (χ4v) is 1.84. The first-order valence-corrected chi connectivity index (χ1v) is 6.13. The lowest BCUT2D eigenvalue weighted by Gasteiger charge is -2.10. The summed E-state index contributed by atoms with van der Waals surface area (Å²) in [5.74, 6) is 0.869. The van der Waals surface area contributed by atoms with Gasteiger partial charge in [-0.3, -0.25) is 4.98 Å². The molecule has 0 saturated heterocycles. The molecule has 3 nitrogen and oxygen atoms in total. The summed E-state index contributed by atoms with van der Waals surface area (Å²) in [5.41, 5.74) is 1.95. The molecule has 0 aliphatic carbocycles. The van der Waals surface area contributed by atoms with Gasteiger partial charge in [0.05, 0.1) is 5.69 Å². The molecule has 0 aliphatic heterocycles. The highest BCUT2D eigenvalue weighted by Gasteiger charge is 2.03. The number of benzene rings is 1. The topological polar surface area (TPSA) is 34.1 Å². The van der Waals surface area contributed by atoms with Crippen LogP contribution in [0.3, 0.4) is 0 Å². The third kappa shape index (κ3) is 3.45. The molecule has 1 aromatic heterocycles. The van der Waals surface area contributed by atoms with Crippen molar-refractivity contribution in [3.63, 3.8) is 0 Å². The third-order valence-electron chi connectivity index (χ3n) is 2.49. The number of halogens is 1. The standard InChI is InChI=1S/C14H15ClN2O/c1-16-9-11-4-2-3-5-14(11)18-10-13-8-12(15)6-7-17-13/h2-8,16H,9-10H2,1H3. The summed E-state index contributed by atoms with van der Waals surface area (Å²) >= 11 is 5.90. The van der Waals surface area contributed by atoms with Crippen molar-refractivity contribution in [2.24, 2.45) is 0 Å². The number of aromatic nitrogens is 1. The molecule has 0 aliphatic rings. The molecule has 94 valence electrons. The Labute approximate surface area is 112 Å². The van der Waals surface area contributed by atoms with E-state index in [4.69, 9.17) is 16.3 Å². The largest absolute Gasteiger partial charge is 0.487 e. The summed E-state index contributed by atoms with van der Waals surface area (Å²) in [6.45, 7) is 1.19. The van der Waals surface area contributed by atoms with Crippen LogP contribution in [0, 0.1) is 0 Å². The molecule has 4 heteroatoms. The van der Waals surface area contributed by atoms with Crippen molar-refractivity contribution in [1.82, 2.24) is 10.3 Å². The average Bonchev–Trinajstić information content (AvgIpc) is 2.38. The molecule has 1 aromatic carbocycles. The monoisotopic (exact) mass is 262 g/mol. The highest BCUT2D eigenvalue weighted by Crippen LogP contribution is 2.19. The fourth-order valence-electron chi connectivity index (χ4n) is 1.66. The molecule has 0 amide bonds. The van der Waals surface area contributed by atoms with Crippen LogP contribution in [0.2, 0.25) is 5.02 Å². The molecule has 2 aromatic rings. The number of rotatable bonds is 5. The molecular formula is C14H15ClN2O. The number of ether oxygens (including phenoxy) is 1. The lowest BCUT2D eigenvalue weighted by atomic mass is 10.2. The number of nitrogens with one attached hydrogen (secondary N) is 1. The minimum Gasteiger partial charge on any atom is -0.487 e. The lowest BCUT2D eigenvalue weighted by molar-refractivity contribution is 0.297. The van der Waals surface area contributed by atoms with E-state index in [1.807, 2.05) is 37.4 Å². The first kappa shape index (κ1) is 12.9. The quantitative estimate of drug-likeness (QED) is 0.899. The SMILES string of the molecule is CNCc1ccccc1OCc1cc(Cl)ccn1. The highest BCUT2D eigenvalue weighted by molar-refractivity contribution is 6.30. The maximum Gasteiger partial charge on any atom is 0.130 e. The van der Waals surface area contributed by atoms with E-state index in [9.17, 15) is 0 Å². The molecule has 0 radical (unpaired) electrons. The fraction of sp³-hybridized carbons (Fsp3) is 0.214. The molecule has 0 spiro atoms. The lowest BCUT2D eigenvalue weighted by Crippen LogP contribution is -2.07. The van der Waals surface area contributed by atoms with Gasteiger partial charge in [-0.15, -0.1) is 0 Å². The molecule has 0 atom stereocenters. The van der Waals surface area contributed by atoms with Crippen LogP contribution in [0.25, 0.3) is 0 Å². The Morgan fingerprint density at radius 2 is 2.11 bits per heavy atom. The van der Waals surface area contributed by atoms with Crippen LogP contribution in [0.1, 0.15) is 11.3 Å².